The molecule has 0 N–H and O–H groups in total. The molecule has 0 spiro atoms. The van der Waals surface area contributed by atoms with E-state index < -0.39 is 0 Å². The van der Waals surface area contributed by atoms with Crippen LogP contribution in [0.1, 0.15) is 26.1 Å². The molecule has 2 aromatic heterocycles. The van der Waals surface area contributed by atoms with Gasteiger partial charge in [0.2, 0.25) is 0 Å². The molecule has 9 heteroatoms. The normalized spacial score (nSPS) is 18.4. The second-order valence-electron chi connectivity index (χ2n) is 6.17. The van der Waals surface area contributed by atoms with Crippen LogP contribution in [0.15, 0.2) is 18.3 Å². The Hall–Kier alpha value is -2.13. The zero-order valence-corrected chi connectivity index (χ0v) is 15.0. The zero-order valence-electron chi connectivity index (χ0n) is 15.0. The lowest BCUT2D eigenvalue weighted by Crippen LogP contribution is -2.47. The number of hydrogen-bond acceptors (Lipinski definition) is 8. The van der Waals surface area contributed by atoms with Gasteiger partial charge in [0.25, 0.3) is 0 Å². The SMILES string of the molecule is CCCn1nnnc1CN1CCO[C@H](CN(CC)c2cccnn2)C1. The predicted molar refractivity (Wildman–Crippen MR) is 93.0 cm³/mol. The largest absolute Gasteiger partial charge is 0.374 e. The molecule has 0 saturated carbocycles. The molecular formula is C16H26N8O. The molecule has 9 nitrogen and oxygen atoms in total. The van der Waals surface area contributed by atoms with E-state index in [9.17, 15) is 0 Å². The van der Waals surface area contributed by atoms with E-state index in [1.165, 1.54) is 0 Å². The van der Waals surface area contributed by atoms with Crippen LogP contribution in [0.2, 0.25) is 0 Å². The third-order valence-electron chi connectivity index (χ3n) is 4.32. The van der Waals surface area contributed by atoms with E-state index >= 15 is 0 Å². The van der Waals surface area contributed by atoms with Crippen LogP contribution in [0, 0.1) is 0 Å². The number of morpholine rings is 1. The Kier molecular flexibility index (Phi) is 6.24. The second-order valence-corrected chi connectivity index (χ2v) is 6.17. The van der Waals surface area contributed by atoms with Crippen molar-refractivity contribution in [2.24, 2.45) is 0 Å². The van der Waals surface area contributed by atoms with E-state index in [-0.39, 0.29) is 6.10 Å². The number of aromatic nitrogens is 6. The first kappa shape index (κ1) is 17.7. The van der Waals surface area contributed by atoms with Gasteiger partial charge < -0.3 is 9.64 Å². The third kappa shape index (κ3) is 4.70. The molecule has 1 fully saturated rings. The van der Waals surface area contributed by atoms with Gasteiger partial charge in [-0.3, -0.25) is 4.90 Å². The van der Waals surface area contributed by atoms with E-state index in [0.29, 0.717) is 0 Å². The molecule has 1 saturated heterocycles. The first-order valence-corrected chi connectivity index (χ1v) is 8.91. The van der Waals surface area contributed by atoms with Crippen LogP contribution in [0.4, 0.5) is 5.82 Å². The Morgan fingerprint density at radius 2 is 2.24 bits per heavy atom. The first-order valence-electron chi connectivity index (χ1n) is 8.91. The molecule has 0 aromatic carbocycles. The Balaban J connectivity index is 1.58. The van der Waals surface area contributed by atoms with Crippen molar-refractivity contribution >= 4 is 5.82 Å². The first-order chi connectivity index (χ1) is 12.3. The molecule has 1 atom stereocenters. The summed E-state index contributed by atoms with van der Waals surface area (Å²) >= 11 is 0. The Morgan fingerprint density at radius 1 is 1.32 bits per heavy atom. The number of aryl methyl sites for hydroxylation is 1. The Labute approximate surface area is 148 Å². The summed E-state index contributed by atoms with van der Waals surface area (Å²) in [7, 11) is 0. The molecular weight excluding hydrogens is 320 g/mol. The lowest BCUT2D eigenvalue weighted by Gasteiger charge is -2.35. The maximum absolute atomic E-state index is 5.97. The minimum atomic E-state index is 0.131. The van der Waals surface area contributed by atoms with Crippen molar-refractivity contribution in [3.8, 4) is 0 Å². The van der Waals surface area contributed by atoms with Crippen LogP contribution >= 0.6 is 0 Å². The van der Waals surface area contributed by atoms with Gasteiger partial charge in [0, 0.05) is 38.9 Å². The van der Waals surface area contributed by atoms with E-state index in [2.05, 4.69) is 49.4 Å². The number of ether oxygens (including phenoxy) is 1. The number of rotatable bonds is 8. The van der Waals surface area contributed by atoms with Gasteiger partial charge in [-0.2, -0.15) is 5.10 Å². The molecule has 3 heterocycles. The average Bonchev–Trinajstić information content (AvgIpc) is 3.08. The molecule has 0 amide bonds. The fourth-order valence-corrected chi connectivity index (χ4v) is 3.05. The second kappa shape index (κ2) is 8.82. The average molecular weight is 346 g/mol. The third-order valence-corrected chi connectivity index (χ3v) is 4.32. The van der Waals surface area contributed by atoms with Crippen molar-refractivity contribution < 1.29 is 4.74 Å². The zero-order chi connectivity index (χ0) is 17.5. The summed E-state index contributed by atoms with van der Waals surface area (Å²) in [5.41, 5.74) is 0. The highest BCUT2D eigenvalue weighted by atomic mass is 16.5. The van der Waals surface area contributed by atoms with E-state index in [0.717, 1.165) is 63.9 Å². The molecule has 25 heavy (non-hydrogen) atoms. The van der Waals surface area contributed by atoms with E-state index in [4.69, 9.17) is 4.74 Å². The molecule has 0 bridgehead atoms. The van der Waals surface area contributed by atoms with Gasteiger partial charge >= 0.3 is 0 Å². The van der Waals surface area contributed by atoms with Crippen molar-refractivity contribution in [3.05, 3.63) is 24.2 Å². The van der Waals surface area contributed by atoms with Crippen LogP contribution < -0.4 is 4.90 Å². The maximum atomic E-state index is 5.97. The van der Waals surface area contributed by atoms with Crippen LogP contribution in [0.5, 0.6) is 0 Å². The summed E-state index contributed by atoms with van der Waals surface area (Å²) in [5, 5.41) is 20.2. The highest BCUT2D eigenvalue weighted by Gasteiger charge is 2.24. The summed E-state index contributed by atoms with van der Waals surface area (Å²) in [4.78, 5) is 4.55. The van der Waals surface area contributed by atoms with E-state index in [1.54, 1.807) is 6.20 Å². The molecule has 0 aliphatic carbocycles. The number of nitrogens with zero attached hydrogens (tertiary/aromatic N) is 8. The highest BCUT2D eigenvalue weighted by molar-refractivity contribution is 5.36. The molecule has 0 radical (unpaired) electrons. The summed E-state index contributed by atoms with van der Waals surface area (Å²) < 4.78 is 7.86. The number of hydrogen-bond donors (Lipinski definition) is 0. The van der Waals surface area contributed by atoms with Crippen molar-refractivity contribution in [3.63, 3.8) is 0 Å². The molecule has 0 unspecified atom stereocenters. The van der Waals surface area contributed by atoms with Crippen molar-refractivity contribution in [2.45, 2.75) is 39.5 Å². The fraction of sp³-hybridized carbons (Fsp3) is 0.688. The van der Waals surface area contributed by atoms with Gasteiger partial charge in [0.05, 0.1) is 19.3 Å². The monoisotopic (exact) mass is 346 g/mol. The number of anilines is 1. The topological polar surface area (TPSA) is 85.1 Å². The van der Waals surface area contributed by atoms with Crippen LogP contribution in [0.25, 0.3) is 0 Å². The highest BCUT2D eigenvalue weighted by Crippen LogP contribution is 2.14. The molecule has 2 aromatic rings. The van der Waals surface area contributed by atoms with Gasteiger partial charge in [-0.05, 0) is 35.9 Å². The quantitative estimate of drug-likeness (QED) is 0.687. The van der Waals surface area contributed by atoms with Crippen molar-refractivity contribution in [2.75, 3.05) is 37.7 Å². The van der Waals surface area contributed by atoms with Gasteiger partial charge in [-0.25, -0.2) is 4.68 Å². The molecule has 1 aliphatic heterocycles. The van der Waals surface area contributed by atoms with Gasteiger partial charge in [0.1, 0.15) is 0 Å². The Morgan fingerprint density at radius 3 is 3.00 bits per heavy atom. The van der Waals surface area contributed by atoms with Gasteiger partial charge in [0.15, 0.2) is 11.6 Å². The van der Waals surface area contributed by atoms with Crippen molar-refractivity contribution in [1.82, 2.24) is 35.3 Å². The van der Waals surface area contributed by atoms with Crippen LogP contribution in [-0.2, 0) is 17.8 Å². The predicted octanol–water partition coefficient (Wildman–Crippen LogP) is 0.600. The Bertz CT molecular complexity index is 634. The lowest BCUT2D eigenvalue weighted by atomic mass is 10.2. The maximum Gasteiger partial charge on any atom is 0.165 e. The van der Waals surface area contributed by atoms with Gasteiger partial charge in [-0.15, -0.1) is 10.2 Å². The fourth-order valence-electron chi connectivity index (χ4n) is 3.05. The molecule has 3 rings (SSSR count). The summed E-state index contributed by atoms with van der Waals surface area (Å²) in [5.74, 6) is 1.81. The standard InChI is InChI=1S/C16H26N8O/c1-3-8-24-16(19-20-21-24)13-22-9-10-25-14(11-22)12-23(4-2)15-6-5-7-17-18-15/h5-7,14H,3-4,8-13H2,1-2H3/t14-/m0/s1. The van der Waals surface area contributed by atoms with Crippen LogP contribution in [-0.4, -0.2) is 74.2 Å². The molecule has 136 valence electrons. The minimum absolute atomic E-state index is 0.131. The van der Waals surface area contributed by atoms with Gasteiger partial charge in [-0.1, -0.05) is 6.92 Å². The summed E-state index contributed by atoms with van der Waals surface area (Å²) in [6.45, 7) is 9.99. The molecule has 1 aliphatic rings. The summed E-state index contributed by atoms with van der Waals surface area (Å²) in [6.07, 6.45) is 2.84. The van der Waals surface area contributed by atoms with E-state index in [1.807, 2.05) is 16.8 Å². The smallest absolute Gasteiger partial charge is 0.165 e. The summed E-state index contributed by atoms with van der Waals surface area (Å²) in [6, 6.07) is 3.89. The van der Waals surface area contributed by atoms with Crippen LogP contribution in [0.3, 0.4) is 0 Å². The number of tetrazole rings is 1. The number of likely N-dealkylation sites (N-methyl/N-ethyl adjacent to an activating group) is 1. The minimum Gasteiger partial charge on any atom is -0.374 e. The lowest BCUT2D eigenvalue weighted by molar-refractivity contribution is -0.0280. The van der Waals surface area contributed by atoms with Crippen molar-refractivity contribution in [1.29, 1.82) is 0 Å².